The van der Waals surface area contributed by atoms with Gasteiger partial charge in [0.15, 0.2) is 0 Å². The van der Waals surface area contributed by atoms with Gasteiger partial charge in [-0.1, -0.05) is 30.3 Å². The molecule has 0 unspecified atom stereocenters. The molecule has 2 N–H and O–H groups in total. The van der Waals surface area contributed by atoms with Crippen LogP contribution in [0, 0.1) is 0 Å². The number of nitrogens with two attached hydrogens (primary N) is 1. The van der Waals surface area contributed by atoms with Crippen molar-refractivity contribution in [3.63, 3.8) is 0 Å². The third-order valence-electron chi connectivity index (χ3n) is 3.75. The molecule has 0 heterocycles. The van der Waals surface area contributed by atoms with Gasteiger partial charge in [0.25, 0.3) is 0 Å². The van der Waals surface area contributed by atoms with E-state index >= 15 is 0 Å². The standard InChI is InChI=1S/C19H25NO2/c1-14(20)11-17-13-18(21-2)16(12-19(17)22-3)10-9-15-7-5-4-6-8-15/h4-8,12-14H,9-11,20H2,1-3H3/t14-/m1/s1. The van der Waals surface area contributed by atoms with Crippen molar-refractivity contribution in [1.29, 1.82) is 0 Å². The van der Waals surface area contributed by atoms with Gasteiger partial charge in [0.1, 0.15) is 11.5 Å². The summed E-state index contributed by atoms with van der Waals surface area (Å²) >= 11 is 0. The van der Waals surface area contributed by atoms with Crippen molar-refractivity contribution in [2.75, 3.05) is 14.2 Å². The van der Waals surface area contributed by atoms with E-state index in [0.717, 1.165) is 41.9 Å². The smallest absolute Gasteiger partial charge is 0.122 e. The predicted molar refractivity (Wildman–Crippen MR) is 90.7 cm³/mol. The minimum absolute atomic E-state index is 0.0915. The van der Waals surface area contributed by atoms with Crippen LogP contribution >= 0.6 is 0 Å². The van der Waals surface area contributed by atoms with Gasteiger partial charge in [-0.25, -0.2) is 0 Å². The predicted octanol–water partition coefficient (Wildman–Crippen LogP) is 3.38. The first-order valence-corrected chi connectivity index (χ1v) is 7.67. The molecule has 0 aliphatic carbocycles. The average Bonchev–Trinajstić information content (AvgIpc) is 2.53. The van der Waals surface area contributed by atoms with E-state index in [1.165, 1.54) is 5.56 Å². The maximum absolute atomic E-state index is 5.92. The zero-order valence-electron chi connectivity index (χ0n) is 13.6. The molecule has 2 aromatic rings. The first-order valence-electron chi connectivity index (χ1n) is 7.67. The SMILES string of the molecule is COc1cc(C[C@@H](C)N)c(OC)cc1CCc1ccccc1. The minimum atomic E-state index is 0.0915. The van der Waals surface area contributed by atoms with E-state index in [2.05, 4.69) is 36.4 Å². The fourth-order valence-corrected chi connectivity index (χ4v) is 2.65. The van der Waals surface area contributed by atoms with Crippen LogP contribution in [0.4, 0.5) is 0 Å². The quantitative estimate of drug-likeness (QED) is 0.852. The Kier molecular flexibility index (Phi) is 5.84. The van der Waals surface area contributed by atoms with E-state index in [0.29, 0.717) is 0 Å². The number of methoxy groups -OCH3 is 2. The van der Waals surface area contributed by atoms with Gasteiger partial charge in [-0.2, -0.15) is 0 Å². The Labute approximate surface area is 133 Å². The van der Waals surface area contributed by atoms with Crippen LogP contribution in [0.15, 0.2) is 42.5 Å². The Balaban J connectivity index is 2.22. The van der Waals surface area contributed by atoms with Gasteiger partial charge in [0.05, 0.1) is 14.2 Å². The normalized spacial score (nSPS) is 12.0. The van der Waals surface area contributed by atoms with Gasteiger partial charge >= 0.3 is 0 Å². The van der Waals surface area contributed by atoms with E-state index in [9.17, 15) is 0 Å². The molecule has 3 nitrogen and oxygen atoms in total. The second-order valence-electron chi connectivity index (χ2n) is 5.64. The number of benzene rings is 2. The molecule has 3 heteroatoms. The van der Waals surface area contributed by atoms with E-state index in [1.807, 2.05) is 13.0 Å². The lowest BCUT2D eigenvalue weighted by Crippen LogP contribution is -2.18. The van der Waals surface area contributed by atoms with Crippen LogP contribution in [0.5, 0.6) is 11.5 Å². The zero-order valence-corrected chi connectivity index (χ0v) is 13.6. The van der Waals surface area contributed by atoms with Crippen LogP contribution in [-0.2, 0) is 19.3 Å². The third-order valence-corrected chi connectivity index (χ3v) is 3.75. The second kappa shape index (κ2) is 7.85. The lowest BCUT2D eigenvalue weighted by Gasteiger charge is -2.16. The Hall–Kier alpha value is -2.00. The molecule has 22 heavy (non-hydrogen) atoms. The highest BCUT2D eigenvalue weighted by molar-refractivity contribution is 5.47. The van der Waals surface area contributed by atoms with E-state index in [-0.39, 0.29) is 6.04 Å². The Bertz CT molecular complexity index is 594. The van der Waals surface area contributed by atoms with Gasteiger partial charge in [0.2, 0.25) is 0 Å². The van der Waals surface area contributed by atoms with Crippen molar-refractivity contribution in [1.82, 2.24) is 0 Å². The summed E-state index contributed by atoms with van der Waals surface area (Å²) < 4.78 is 11.1. The number of aryl methyl sites for hydroxylation is 2. The van der Waals surface area contributed by atoms with Gasteiger partial charge in [-0.15, -0.1) is 0 Å². The maximum Gasteiger partial charge on any atom is 0.122 e. The highest BCUT2D eigenvalue weighted by atomic mass is 16.5. The summed E-state index contributed by atoms with van der Waals surface area (Å²) in [6.45, 7) is 2.00. The van der Waals surface area contributed by atoms with Crippen molar-refractivity contribution >= 4 is 0 Å². The van der Waals surface area contributed by atoms with Crippen LogP contribution in [-0.4, -0.2) is 20.3 Å². The largest absolute Gasteiger partial charge is 0.496 e. The lowest BCUT2D eigenvalue weighted by molar-refractivity contribution is 0.393. The van der Waals surface area contributed by atoms with Crippen molar-refractivity contribution in [2.24, 2.45) is 5.73 Å². The number of rotatable bonds is 7. The summed E-state index contributed by atoms with van der Waals surface area (Å²) in [6, 6.07) is 14.7. The van der Waals surface area contributed by atoms with Crippen LogP contribution in [0.3, 0.4) is 0 Å². The molecule has 0 fully saturated rings. The molecule has 0 aliphatic heterocycles. The molecule has 2 aromatic carbocycles. The average molecular weight is 299 g/mol. The molecule has 2 rings (SSSR count). The third kappa shape index (κ3) is 4.25. The molecule has 0 spiro atoms. The minimum Gasteiger partial charge on any atom is -0.496 e. The van der Waals surface area contributed by atoms with Crippen LogP contribution in [0.25, 0.3) is 0 Å². The molecule has 0 saturated carbocycles. The van der Waals surface area contributed by atoms with Crippen molar-refractivity contribution in [3.8, 4) is 11.5 Å². The second-order valence-corrected chi connectivity index (χ2v) is 5.64. The van der Waals surface area contributed by atoms with Gasteiger partial charge < -0.3 is 15.2 Å². The van der Waals surface area contributed by atoms with Crippen LogP contribution in [0.2, 0.25) is 0 Å². The summed E-state index contributed by atoms with van der Waals surface area (Å²) in [5.74, 6) is 1.80. The number of ether oxygens (including phenoxy) is 2. The zero-order chi connectivity index (χ0) is 15.9. The first-order chi connectivity index (χ1) is 10.6. The fraction of sp³-hybridized carbons (Fsp3) is 0.368. The van der Waals surface area contributed by atoms with Crippen molar-refractivity contribution in [2.45, 2.75) is 32.2 Å². The maximum atomic E-state index is 5.92. The van der Waals surface area contributed by atoms with E-state index in [1.54, 1.807) is 14.2 Å². The summed E-state index contributed by atoms with van der Waals surface area (Å²) in [4.78, 5) is 0. The Morgan fingerprint density at radius 1 is 0.909 bits per heavy atom. The molecule has 0 bridgehead atoms. The Morgan fingerprint density at radius 3 is 2.09 bits per heavy atom. The summed E-state index contributed by atoms with van der Waals surface area (Å²) in [6.07, 6.45) is 2.67. The molecule has 0 saturated heterocycles. The van der Waals surface area contributed by atoms with E-state index < -0.39 is 0 Å². The molecule has 0 radical (unpaired) electrons. The molecule has 0 aromatic heterocycles. The number of hydrogen-bond donors (Lipinski definition) is 1. The first kappa shape index (κ1) is 16.4. The number of hydrogen-bond acceptors (Lipinski definition) is 3. The monoisotopic (exact) mass is 299 g/mol. The summed E-state index contributed by atoms with van der Waals surface area (Å²) in [5.41, 5.74) is 9.50. The van der Waals surface area contributed by atoms with E-state index in [4.69, 9.17) is 15.2 Å². The molecule has 118 valence electrons. The van der Waals surface area contributed by atoms with Gasteiger partial charge in [0, 0.05) is 6.04 Å². The van der Waals surface area contributed by atoms with Crippen molar-refractivity contribution < 1.29 is 9.47 Å². The lowest BCUT2D eigenvalue weighted by atomic mass is 9.99. The van der Waals surface area contributed by atoms with Gasteiger partial charge in [-0.05, 0) is 55.0 Å². The molecular formula is C19H25NO2. The highest BCUT2D eigenvalue weighted by Gasteiger charge is 2.12. The summed E-state index contributed by atoms with van der Waals surface area (Å²) in [7, 11) is 3.41. The van der Waals surface area contributed by atoms with Crippen LogP contribution < -0.4 is 15.2 Å². The summed E-state index contributed by atoms with van der Waals surface area (Å²) in [5, 5.41) is 0. The topological polar surface area (TPSA) is 44.5 Å². The molecular weight excluding hydrogens is 274 g/mol. The Morgan fingerprint density at radius 2 is 1.50 bits per heavy atom. The highest BCUT2D eigenvalue weighted by Crippen LogP contribution is 2.30. The molecule has 0 aliphatic rings. The van der Waals surface area contributed by atoms with Crippen LogP contribution in [0.1, 0.15) is 23.6 Å². The molecule has 0 amide bonds. The fourth-order valence-electron chi connectivity index (χ4n) is 2.65. The van der Waals surface area contributed by atoms with Gasteiger partial charge in [-0.3, -0.25) is 0 Å². The van der Waals surface area contributed by atoms with Crippen molar-refractivity contribution in [3.05, 3.63) is 59.2 Å². The molecule has 1 atom stereocenters.